The third-order valence-corrected chi connectivity index (χ3v) is 2.56. The van der Waals surface area contributed by atoms with Crippen molar-refractivity contribution in [3.8, 4) is 0 Å². The van der Waals surface area contributed by atoms with Crippen LogP contribution in [0.5, 0.6) is 0 Å². The highest BCUT2D eigenvalue weighted by molar-refractivity contribution is 6.31. The molecule has 5 heteroatoms. The zero-order valence-electron chi connectivity index (χ0n) is 9.55. The van der Waals surface area contributed by atoms with E-state index in [1.165, 1.54) is 0 Å². The first kappa shape index (κ1) is 12.8. The van der Waals surface area contributed by atoms with Gasteiger partial charge in [-0.15, -0.1) is 0 Å². The molecule has 0 bridgehead atoms. The molecule has 16 heavy (non-hydrogen) atoms. The van der Waals surface area contributed by atoms with Crippen LogP contribution in [-0.4, -0.2) is 12.5 Å². The standard InChI is InChI=1S/C11H17ClN4/c1-3-7-14-11(16-13)15-10-6-4-5-9(12)8(10)2/h4-6H,3,7,13H2,1-2H3,(H2,14,15,16). The van der Waals surface area contributed by atoms with Gasteiger partial charge in [0.15, 0.2) is 0 Å². The van der Waals surface area contributed by atoms with E-state index in [2.05, 4.69) is 22.7 Å². The van der Waals surface area contributed by atoms with Crippen LogP contribution in [0.25, 0.3) is 0 Å². The molecule has 1 aromatic rings. The summed E-state index contributed by atoms with van der Waals surface area (Å²) >= 11 is 6.01. The van der Waals surface area contributed by atoms with E-state index in [1.807, 2.05) is 25.1 Å². The number of hydrogen-bond acceptors (Lipinski definition) is 2. The van der Waals surface area contributed by atoms with Crippen LogP contribution in [0, 0.1) is 6.92 Å². The van der Waals surface area contributed by atoms with E-state index in [0.29, 0.717) is 5.96 Å². The van der Waals surface area contributed by atoms with Crippen LogP contribution >= 0.6 is 11.6 Å². The number of halogens is 1. The Labute approximate surface area is 101 Å². The van der Waals surface area contributed by atoms with Gasteiger partial charge in [0.25, 0.3) is 0 Å². The monoisotopic (exact) mass is 240 g/mol. The number of hydrazine groups is 1. The molecular formula is C11H17ClN4. The van der Waals surface area contributed by atoms with E-state index >= 15 is 0 Å². The van der Waals surface area contributed by atoms with Crippen molar-refractivity contribution >= 4 is 23.2 Å². The van der Waals surface area contributed by atoms with Crippen molar-refractivity contribution in [3.05, 3.63) is 28.8 Å². The van der Waals surface area contributed by atoms with E-state index in [9.17, 15) is 0 Å². The van der Waals surface area contributed by atoms with Gasteiger partial charge in [-0.3, -0.25) is 10.4 Å². The number of rotatable bonds is 3. The van der Waals surface area contributed by atoms with Crippen molar-refractivity contribution < 1.29 is 0 Å². The number of aliphatic imine (C=N–C) groups is 1. The first-order chi connectivity index (χ1) is 7.69. The van der Waals surface area contributed by atoms with Crippen LogP contribution in [0.2, 0.25) is 5.02 Å². The molecule has 0 aliphatic heterocycles. The third kappa shape index (κ3) is 3.40. The number of nitrogens with two attached hydrogens (primary N) is 1. The van der Waals surface area contributed by atoms with Crippen molar-refractivity contribution in [2.45, 2.75) is 20.3 Å². The molecule has 0 fully saturated rings. The van der Waals surface area contributed by atoms with Gasteiger partial charge in [-0.25, -0.2) is 5.84 Å². The number of benzene rings is 1. The van der Waals surface area contributed by atoms with Crippen molar-refractivity contribution in [2.75, 3.05) is 11.9 Å². The molecular weight excluding hydrogens is 224 g/mol. The van der Waals surface area contributed by atoms with E-state index in [1.54, 1.807) is 0 Å². The predicted molar refractivity (Wildman–Crippen MR) is 69.7 cm³/mol. The fraction of sp³-hybridized carbons (Fsp3) is 0.364. The molecule has 88 valence electrons. The Balaban J connectivity index is 2.82. The lowest BCUT2D eigenvalue weighted by molar-refractivity contribution is 0.905. The third-order valence-electron chi connectivity index (χ3n) is 2.15. The molecule has 0 unspecified atom stereocenters. The van der Waals surface area contributed by atoms with E-state index in [4.69, 9.17) is 17.4 Å². The van der Waals surface area contributed by atoms with Crippen LogP contribution in [-0.2, 0) is 0 Å². The SMILES string of the molecule is CCCN=C(NN)Nc1cccc(Cl)c1C. The normalized spacial score (nSPS) is 11.4. The second kappa shape index (κ2) is 6.35. The maximum absolute atomic E-state index is 6.01. The Bertz CT molecular complexity index is 376. The van der Waals surface area contributed by atoms with Gasteiger partial charge in [-0.05, 0) is 31.0 Å². The summed E-state index contributed by atoms with van der Waals surface area (Å²) in [6.45, 7) is 4.73. The van der Waals surface area contributed by atoms with Crippen molar-refractivity contribution in [3.63, 3.8) is 0 Å². The summed E-state index contributed by atoms with van der Waals surface area (Å²) < 4.78 is 0. The molecule has 0 heterocycles. The van der Waals surface area contributed by atoms with E-state index < -0.39 is 0 Å². The molecule has 0 aliphatic carbocycles. The summed E-state index contributed by atoms with van der Waals surface area (Å²) in [7, 11) is 0. The summed E-state index contributed by atoms with van der Waals surface area (Å²) in [6, 6.07) is 5.66. The van der Waals surface area contributed by atoms with Gasteiger partial charge in [0.1, 0.15) is 0 Å². The molecule has 0 radical (unpaired) electrons. The number of nitrogens with one attached hydrogen (secondary N) is 2. The second-order valence-corrected chi connectivity index (χ2v) is 3.82. The molecule has 0 aromatic heterocycles. The van der Waals surface area contributed by atoms with Gasteiger partial charge in [0, 0.05) is 17.3 Å². The van der Waals surface area contributed by atoms with Crippen LogP contribution in [0.3, 0.4) is 0 Å². The highest BCUT2D eigenvalue weighted by atomic mass is 35.5. The quantitative estimate of drug-likeness (QED) is 0.329. The second-order valence-electron chi connectivity index (χ2n) is 3.41. The molecule has 4 N–H and O–H groups in total. The number of nitrogens with zero attached hydrogens (tertiary/aromatic N) is 1. The summed E-state index contributed by atoms with van der Waals surface area (Å²) in [6.07, 6.45) is 0.974. The maximum atomic E-state index is 6.01. The Morgan fingerprint density at radius 2 is 2.25 bits per heavy atom. The van der Waals surface area contributed by atoms with Gasteiger partial charge in [0.2, 0.25) is 5.96 Å². The van der Waals surface area contributed by atoms with Gasteiger partial charge >= 0.3 is 0 Å². The van der Waals surface area contributed by atoms with Gasteiger partial charge in [0.05, 0.1) is 0 Å². The predicted octanol–water partition coefficient (Wildman–Crippen LogP) is 2.29. The topological polar surface area (TPSA) is 62.4 Å². The first-order valence-electron chi connectivity index (χ1n) is 5.22. The van der Waals surface area contributed by atoms with Gasteiger partial charge in [-0.2, -0.15) is 0 Å². The minimum Gasteiger partial charge on any atom is -0.325 e. The van der Waals surface area contributed by atoms with Crippen LogP contribution in [0.15, 0.2) is 23.2 Å². The van der Waals surface area contributed by atoms with Crippen molar-refractivity contribution in [1.29, 1.82) is 0 Å². The Kier molecular flexibility index (Phi) is 5.08. The van der Waals surface area contributed by atoms with E-state index in [0.717, 1.165) is 29.2 Å². The van der Waals surface area contributed by atoms with Crippen LogP contribution in [0.1, 0.15) is 18.9 Å². The van der Waals surface area contributed by atoms with Crippen LogP contribution in [0.4, 0.5) is 5.69 Å². The zero-order valence-corrected chi connectivity index (χ0v) is 10.3. The molecule has 0 atom stereocenters. The average molecular weight is 241 g/mol. The summed E-state index contributed by atoms with van der Waals surface area (Å²) in [5.41, 5.74) is 4.41. The first-order valence-corrected chi connectivity index (χ1v) is 5.60. The molecule has 4 nitrogen and oxygen atoms in total. The van der Waals surface area contributed by atoms with Gasteiger partial charge in [-0.1, -0.05) is 24.6 Å². The van der Waals surface area contributed by atoms with Crippen molar-refractivity contribution in [1.82, 2.24) is 5.43 Å². The summed E-state index contributed by atoms with van der Waals surface area (Å²) in [5, 5.41) is 3.82. The Morgan fingerprint density at radius 1 is 1.50 bits per heavy atom. The minimum absolute atomic E-state index is 0.548. The summed E-state index contributed by atoms with van der Waals surface area (Å²) in [4.78, 5) is 4.25. The fourth-order valence-electron chi connectivity index (χ4n) is 1.22. The number of anilines is 1. The zero-order chi connectivity index (χ0) is 12.0. The molecule has 0 saturated carbocycles. The van der Waals surface area contributed by atoms with Crippen LogP contribution < -0.4 is 16.6 Å². The molecule has 1 rings (SSSR count). The lowest BCUT2D eigenvalue weighted by Gasteiger charge is -2.12. The lowest BCUT2D eigenvalue weighted by Crippen LogP contribution is -2.36. The molecule has 0 amide bonds. The molecule has 0 saturated heterocycles. The fourth-order valence-corrected chi connectivity index (χ4v) is 1.39. The van der Waals surface area contributed by atoms with Gasteiger partial charge < -0.3 is 5.32 Å². The highest BCUT2D eigenvalue weighted by Gasteiger charge is 2.03. The largest absolute Gasteiger partial charge is 0.325 e. The Hall–Kier alpha value is -1.26. The molecule has 0 aliphatic rings. The maximum Gasteiger partial charge on any atom is 0.210 e. The molecule has 0 spiro atoms. The van der Waals surface area contributed by atoms with Crippen molar-refractivity contribution in [2.24, 2.45) is 10.8 Å². The smallest absolute Gasteiger partial charge is 0.210 e. The average Bonchev–Trinajstić information content (AvgIpc) is 2.30. The van der Waals surface area contributed by atoms with E-state index in [-0.39, 0.29) is 0 Å². The lowest BCUT2D eigenvalue weighted by atomic mass is 10.2. The number of guanidine groups is 1. The Morgan fingerprint density at radius 3 is 2.88 bits per heavy atom. The molecule has 1 aromatic carbocycles. The summed E-state index contributed by atoms with van der Waals surface area (Å²) in [5.74, 6) is 5.92. The minimum atomic E-state index is 0.548. The number of hydrogen-bond donors (Lipinski definition) is 3. The highest BCUT2D eigenvalue weighted by Crippen LogP contribution is 2.22.